The van der Waals surface area contributed by atoms with E-state index in [4.69, 9.17) is 4.55 Å². The quantitative estimate of drug-likeness (QED) is 0.741. The number of rotatable bonds is 4. The minimum atomic E-state index is -2.91. The summed E-state index contributed by atoms with van der Waals surface area (Å²) in [5, 5.41) is 1.42. The molecule has 0 fully saturated rings. The lowest BCUT2D eigenvalue weighted by atomic mass is 10.1. The maximum atomic E-state index is 11.1. The molecule has 0 aliphatic carbocycles. The molecule has 1 atom stereocenters. The Balaban J connectivity index is 2.51. The standard InChI is InChI=1S/C10H15NO2S/c1-11-14(12,13)9-5-8-10-6-3-2-4-7-10/h2-4,6-7,9H,5,8H2,1H3,(H2,11,12,13). The van der Waals surface area contributed by atoms with E-state index in [1.807, 2.05) is 30.3 Å². The second-order valence-electron chi connectivity index (χ2n) is 2.96. The van der Waals surface area contributed by atoms with Crippen molar-refractivity contribution in [3.05, 3.63) is 35.9 Å². The first-order chi connectivity index (χ1) is 6.64. The summed E-state index contributed by atoms with van der Waals surface area (Å²) in [6, 6.07) is 9.89. The minimum Gasteiger partial charge on any atom is -0.302 e. The third kappa shape index (κ3) is 3.91. The molecule has 2 N–H and O–H groups in total. The number of hydrogen-bond donors (Lipinski definition) is 2. The Hall–Kier alpha value is -0.840. The maximum Gasteiger partial charge on any atom is 0.141 e. The predicted molar refractivity (Wildman–Crippen MR) is 60.7 cm³/mol. The van der Waals surface area contributed by atoms with Crippen molar-refractivity contribution in [1.82, 2.24) is 4.72 Å². The molecule has 78 valence electrons. The predicted octanol–water partition coefficient (Wildman–Crippen LogP) is 1.31. The highest BCUT2D eigenvalue weighted by atomic mass is 32.2. The summed E-state index contributed by atoms with van der Waals surface area (Å²) >= 11 is 0. The van der Waals surface area contributed by atoms with Crippen molar-refractivity contribution < 1.29 is 8.76 Å². The van der Waals surface area contributed by atoms with E-state index in [2.05, 4.69) is 4.72 Å². The van der Waals surface area contributed by atoms with Crippen LogP contribution in [0.25, 0.3) is 0 Å². The molecule has 1 aromatic rings. The number of hydrogen-bond acceptors (Lipinski definition) is 1. The van der Waals surface area contributed by atoms with Crippen LogP contribution in [0.2, 0.25) is 0 Å². The summed E-state index contributed by atoms with van der Waals surface area (Å²) in [6.45, 7) is 0. The molecule has 1 rings (SSSR count). The van der Waals surface area contributed by atoms with Gasteiger partial charge >= 0.3 is 0 Å². The Morgan fingerprint density at radius 1 is 1.43 bits per heavy atom. The third-order valence-electron chi connectivity index (χ3n) is 1.91. The zero-order valence-corrected chi connectivity index (χ0v) is 8.96. The number of aryl methyl sites for hydroxylation is 1. The second kappa shape index (κ2) is 5.14. The first-order valence-electron chi connectivity index (χ1n) is 4.46. The van der Waals surface area contributed by atoms with Crippen molar-refractivity contribution in [2.24, 2.45) is 0 Å². The monoisotopic (exact) mass is 213 g/mol. The molecule has 1 unspecified atom stereocenters. The van der Waals surface area contributed by atoms with Crippen LogP contribution >= 0.6 is 0 Å². The van der Waals surface area contributed by atoms with Crippen molar-refractivity contribution in [1.29, 1.82) is 0 Å². The summed E-state index contributed by atoms with van der Waals surface area (Å²) < 4.78 is 22.7. The summed E-state index contributed by atoms with van der Waals surface area (Å²) in [6.07, 6.45) is 1.39. The van der Waals surface area contributed by atoms with Gasteiger partial charge in [-0.1, -0.05) is 30.3 Å². The van der Waals surface area contributed by atoms with E-state index < -0.39 is 9.99 Å². The molecule has 0 aliphatic heterocycles. The van der Waals surface area contributed by atoms with Gasteiger partial charge in [-0.05, 0) is 25.5 Å². The molecule has 0 radical (unpaired) electrons. The van der Waals surface area contributed by atoms with Crippen molar-refractivity contribution in [3.63, 3.8) is 0 Å². The highest BCUT2D eigenvalue weighted by molar-refractivity contribution is 7.94. The van der Waals surface area contributed by atoms with E-state index in [0.29, 0.717) is 6.42 Å². The lowest BCUT2D eigenvalue weighted by molar-refractivity contribution is 0.550. The van der Waals surface area contributed by atoms with Gasteiger partial charge in [0.2, 0.25) is 0 Å². The normalized spacial score (nSPS) is 14.7. The van der Waals surface area contributed by atoms with Crippen molar-refractivity contribution >= 4 is 15.4 Å². The van der Waals surface area contributed by atoms with Crippen molar-refractivity contribution in [2.45, 2.75) is 12.8 Å². The van der Waals surface area contributed by atoms with E-state index in [-0.39, 0.29) is 0 Å². The van der Waals surface area contributed by atoms with Gasteiger partial charge in [0.15, 0.2) is 0 Å². The van der Waals surface area contributed by atoms with Gasteiger partial charge in [-0.2, -0.15) is 0 Å². The molecule has 0 saturated heterocycles. The molecule has 0 aromatic heterocycles. The van der Waals surface area contributed by atoms with Gasteiger partial charge in [0.05, 0.1) is 0 Å². The Morgan fingerprint density at radius 3 is 2.64 bits per heavy atom. The van der Waals surface area contributed by atoms with Gasteiger partial charge in [0.1, 0.15) is 9.99 Å². The van der Waals surface area contributed by atoms with Crippen LogP contribution in [0.1, 0.15) is 12.0 Å². The maximum absolute atomic E-state index is 11.1. The smallest absolute Gasteiger partial charge is 0.141 e. The fourth-order valence-electron chi connectivity index (χ4n) is 1.11. The average molecular weight is 213 g/mol. The lowest BCUT2D eigenvalue weighted by Crippen LogP contribution is -2.19. The van der Waals surface area contributed by atoms with E-state index >= 15 is 0 Å². The van der Waals surface area contributed by atoms with Crippen LogP contribution in [-0.4, -0.2) is 21.2 Å². The Labute approximate surface area is 85.1 Å². The van der Waals surface area contributed by atoms with E-state index in [0.717, 1.165) is 6.42 Å². The van der Waals surface area contributed by atoms with Crippen LogP contribution in [0, 0.1) is 0 Å². The summed E-state index contributed by atoms with van der Waals surface area (Å²) in [4.78, 5) is 0. The molecule has 3 nitrogen and oxygen atoms in total. The van der Waals surface area contributed by atoms with Crippen LogP contribution < -0.4 is 4.72 Å². The molecule has 0 saturated carbocycles. The number of benzene rings is 1. The second-order valence-corrected chi connectivity index (χ2v) is 4.84. The molecular formula is C10H15NO2S. The Bertz CT molecular complexity index is 380. The van der Waals surface area contributed by atoms with E-state index in [9.17, 15) is 4.21 Å². The SMILES string of the molecule is CNS(=O)(O)=CCCc1ccccc1. The first kappa shape index (κ1) is 11.2. The summed E-state index contributed by atoms with van der Waals surface area (Å²) in [5.74, 6) is 0. The van der Waals surface area contributed by atoms with Crippen LogP contribution in [0.15, 0.2) is 30.3 Å². The molecule has 0 amide bonds. The molecule has 1 aromatic carbocycles. The fraction of sp³-hybridized carbons (Fsp3) is 0.300. The van der Waals surface area contributed by atoms with Crippen molar-refractivity contribution in [3.8, 4) is 0 Å². The third-order valence-corrected chi connectivity index (χ3v) is 3.18. The van der Waals surface area contributed by atoms with Gasteiger partial charge in [0, 0.05) is 5.37 Å². The topological polar surface area (TPSA) is 49.3 Å². The summed E-state index contributed by atoms with van der Waals surface area (Å²) in [7, 11) is -1.44. The molecule has 4 heteroatoms. The Morgan fingerprint density at radius 2 is 2.07 bits per heavy atom. The highest BCUT2D eigenvalue weighted by Gasteiger charge is 1.95. The zero-order valence-electron chi connectivity index (χ0n) is 8.14. The average Bonchev–Trinajstić information content (AvgIpc) is 2.19. The van der Waals surface area contributed by atoms with Gasteiger partial charge in [-0.15, -0.1) is 0 Å². The van der Waals surface area contributed by atoms with Crippen molar-refractivity contribution in [2.75, 3.05) is 7.05 Å². The van der Waals surface area contributed by atoms with Gasteiger partial charge in [0.25, 0.3) is 0 Å². The first-order valence-corrected chi connectivity index (χ1v) is 6.04. The molecule has 14 heavy (non-hydrogen) atoms. The van der Waals surface area contributed by atoms with Gasteiger partial charge < -0.3 is 4.55 Å². The molecule has 0 aliphatic rings. The lowest BCUT2D eigenvalue weighted by Gasteiger charge is -2.01. The molecular weight excluding hydrogens is 198 g/mol. The summed E-state index contributed by atoms with van der Waals surface area (Å²) in [5.41, 5.74) is 1.18. The largest absolute Gasteiger partial charge is 0.302 e. The van der Waals surface area contributed by atoms with Gasteiger partial charge in [-0.3, -0.25) is 0 Å². The molecule has 0 heterocycles. The zero-order chi connectivity index (χ0) is 10.4. The Kier molecular flexibility index (Phi) is 4.13. The van der Waals surface area contributed by atoms with E-state index in [1.54, 1.807) is 0 Å². The number of nitrogens with one attached hydrogen (secondary N) is 1. The van der Waals surface area contributed by atoms with Crippen LogP contribution in [0.5, 0.6) is 0 Å². The van der Waals surface area contributed by atoms with Crippen LogP contribution in [-0.2, 0) is 16.4 Å². The highest BCUT2D eigenvalue weighted by Crippen LogP contribution is 2.01. The molecule has 0 bridgehead atoms. The molecule has 0 spiro atoms. The minimum absolute atomic E-state index is 0.597. The fourth-order valence-corrected chi connectivity index (χ4v) is 1.72. The van der Waals surface area contributed by atoms with Crippen LogP contribution in [0.3, 0.4) is 0 Å². The van der Waals surface area contributed by atoms with Gasteiger partial charge in [-0.25, -0.2) is 8.93 Å². The van der Waals surface area contributed by atoms with E-state index in [1.165, 1.54) is 18.0 Å². The van der Waals surface area contributed by atoms with Crippen LogP contribution in [0.4, 0.5) is 0 Å².